The minimum atomic E-state index is -0.511. The average Bonchev–Trinajstić information content (AvgIpc) is 3.22. The van der Waals surface area contributed by atoms with Crippen LogP contribution in [0.25, 0.3) is 0 Å². The molecule has 0 heterocycles. The van der Waals surface area contributed by atoms with Crippen LogP contribution in [-0.4, -0.2) is 23.9 Å². The zero-order valence-corrected chi connectivity index (χ0v) is 12.6. The van der Waals surface area contributed by atoms with E-state index in [-0.39, 0.29) is 11.8 Å². The number of nitrogens with one attached hydrogen (secondary N) is 2. The highest BCUT2D eigenvalue weighted by Gasteiger charge is 2.23. The third kappa shape index (κ3) is 4.86. The van der Waals surface area contributed by atoms with Crippen molar-refractivity contribution in [1.29, 1.82) is 0 Å². The fourth-order valence-electron chi connectivity index (χ4n) is 2.05. The van der Waals surface area contributed by atoms with Crippen molar-refractivity contribution in [3.63, 3.8) is 0 Å². The van der Waals surface area contributed by atoms with Gasteiger partial charge in [-0.25, -0.2) is 0 Å². The second-order valence-corrected chi connectivity index (χ2v) is 6.05. The molecule has 2 amide bonds. The first kappa shape index (κ1) is 15.5. The van der Waals surface area contributed by atoms with Crippen LogP contribution in [0.3, 0.4) is 0 Å². The van der Waals surface area contributed by atoms with Crippen LogP contribution in [0.1, 0.15) is 43.5 Å². The summed E-state index contributed by atoms with van der Waals surface area (Å²) in [5.74, 6) is 0.116. The molecule has 0 aromatic heterocycles. The number of benzene rings is 1. The lowest BCUT2D eigenvalue weighted by Gasteiger charge is -2.14. The molecule has 21 heavy (non-hydrogen) atoms. The molecule has 1 fully saturated rings. The van der Waals surface area contributed by atoms with Gasteiger partial charge < -0.3 is 16.4 Å². The molecule has 1 aromatic carbocycles. The van der Waals surface area contributed by atoms with E-state index in [1.807, 2.05) is 13.8 Å². The molecule has 0 radical (unpaired) electrons. The Kier molecular flexibility index (Phi) is 4.96. The Bertz CT molecular complexity index is 507. The van der Waals surface area contributed by atoms with Gasteiger partial charge in [0.1, 0.15) is 0 Å². The van der Waals surface area contributed by atoms with Crippen LogP contribution < -0.4 is 16.4 Å². The highest BCUT2D eigenvalue weighted by Crippen LogP contribution is 2.19. The van der Waals surface area contributed by atoms with E-state index >= 15 is 0 Å². The van der Waals surface area contributed by atoms with Crippen molar-refractivity contribution < 1.29 is 9.59 Å². The predicted octanol–water partition coefficient (Wildman–Crippen LogP) is 1.89. The van der Waals surface area contributed by atoms with Gasteiger partial charge in [0, 0.05) is 17.3 Å². The number of carbonyl (C=O) groups excluding carboxylic acids is 2. The first-order valence-electron chi connectivity index (χ1n) is 7.43. The van der Waals surface area contributed by atoms with Gasteiger partial charge in [-0.1, -0.05) is 13.8 Å². The maximum Gasteiger partial charge on any atom is 0.251 e. The zero-order valence-electron chi connectivity index (χ0n) is 12.6. The largest absolute Gasteiger partial charge is 0.349 e. The number of rotatable bonds is 6. The highest BCUT2D eigenvalue weighted by molar-refractivity contribution is 5.97. The molecule has 1 aliphatic rings. The van der Waals surface area contributed by atoms with E-state index in [0.29, 0.717) is 29.6 Å². The van der Waals surface area contributed by atoms with Crippen LogP contribution in [-0.2, 0) is 4.79 Å². The standard InChI is InChI=1S/C16H23N3O2/c1-10(2)9-14(17)16(21)19-12-5-3-11(4-6-12)15(20)18-13-7-8-13/h3-6,10,13-14H,7-9,17H2,1-2H3,(H,18,20)(H,19,21)/t14-/m0/s1. The molecule has 5 nitrogen and oxygen atoms in total. The number of nitrogens with two attached hydrogens (primary N) is 1. The number of amides is 2. The summed E-state index contributed by atoms with van der Waals surface area (Å²) in [4.78, 5) is 23.7. The first-order valence-corrected chi connectivity index (χ1v) is 7.43. The lowest BCUT2D eigenvalue weighted by atomic mass is 10.0. The summed E-state index contributed by atoms with van der Waals surface area (Å²) < 4.78 is 0. The van der Waals surface area contributed by atoms with E-state index in [2.05, 4.69) is 10.6 Å². The van der Waals surface area contributed by atoms with Crippen LogP contribution in [0.5, 0.6) is 0 Å². The maximum atomic E-state index is 11.9. The second-order valence-electron chi connectivity index (χ2n) is 6.05. The molecule has 2 rings (SSSR count). The normalized spacial score (nSPS) is 15.6. The smallest absolute Gasteiger partial charge is 0.251 e. The summed E-state index contributed by atoms with van der Waals surface area (Å²) in [6.07, 6.45) is 2.77. The van der Waals surface area contributed by atoms with Gasteiger partial charge in [-0.3, -0.25) is 9.59 Å². The third-order valence-corrected chi connectivity index (χ3v) is 3.39. The Morgan fingerprint density at radius 2 is 1.86 bits per heavy atom. The molecule has 4 N–H and O–H groups in total. The Hall–Kier alpha value is -1.88. The van der Waals surface area contributed by atoms with Crippen molar-refractivity contribution in [3.05, 3.63) is 29.8 Å². The quantitative estimate of drug-likeness (QED) is 0.747. The fraction of sp³-hybridized carbons (Fsp3) is 0.500. The molecule has 1 aromatic rings. The third-order valence-electron chi connectivity index (χ3n) is 3.39. The summed E-state index contributed by atoms with van der Waals surface area (Å²) in [7, 11) is 0. The molecule has 0 spiro atoms. The van der Waals surface area contributed by atoms with Crippen LogP contribution in [0.4, 0.5) is 5.69 Å². The molecular weight excluding hydrogens is 266 g/mol. The summed E-state index contributed by atoms with van der Waals surface area (Å²) >= 11 is 0. The topological polar surface area (TPSA) is 84.2 Å². The maximum absolute atomic E-state index is 11.9. The number of hydrogen-bond acceptors (Lipinski definition) is 3. The molecule has 0 saturated heterocycles. The first-order chi connectivity index (χ1) is 9.95. The molecule has 1 saturated carbocycles. The molecule has 1 aliphatic carbocycles. The van der Waals surface area contributed by atoms with Crippen molar-refractivity contribution in [3.8, 4) is 0 Å². The summed E-state index contributed by atoms with van der Waals surface area (Å²) in [5.41, 5.74) is 7.09. The molecule has 0 bridgehead atoms. The van der Waals surface area contributed by atoms with Gasteiger partial charge in [-0.05, 0) is 49.4 Å². The minimum Gasteiger partial charge on any atom is -0.349 e. The Balaban J connectivity index is 1.89. The Labute approximate surface area is 125 Å². The van der Waals surface area contributed by atoms with Crippen molar-refractivity contribution in [2.75, 3.05) is 5.32 Å². The van der Waals surface area contributed by atoms with Crippen molar-refractivity contribution in [2.45, 2.75) is 45.2 Å². The van der Waals surface area contributed by atoms with Gasteiger partial charge in [0.2, 0.25) is 5.91 Å². The van der Waals surface area contributed by atoms with Gasteiger partial charge in [-0.2, -0.15) is 0 Å². The van der Waals surface area contributed by atoms with Crippen molar-refractivity contribution >= 4 is 17.5 Å². The van der Waals surface area contributed by atoms with E-state index < -0.39 is 6.04 Å². The van der Waals surface area contributed by atoms with E-state index in [1.165, 1.54) is 0 Å². The van der Waals surface area contributed by atoms with Gasteiger partial charge in [0.25, 0.3) is 5.91 Å². The molecule has 114 valence electrons. The van der Waals surface area contributed by atoms with Crippen LogP contribution in [0.15, 0.2) is 24.3 Å². The summed E-state index contributed by atoms with van der Waals surface area (Å²) in [5, 5.41) is 5.69. The van der Waals surface area contributed by atoms with Crippen LogP contribution in [0, 0.1) is 5.92 Å². The zero-order chi connectivity index (χ0) is 15.4. The van der Waals surface area contributed by atoms with Crippen molar-refractivity contribution in [1.82, 2.24) is 5.32 Å². The Morgan fingerprint density at radius 1 is 1.24 bits per heavy atom. The van der Waals surface area contributed by atoms with Gasteiger partial charge in [0.05, 0.1) is 6.04 Å². The number of anilines is 1. The molecule has 5 heteroatoms. The van der Waals surface area contributed by atoms with Gasteiger partial charge in [-0.15, -0.1) is 0 Å². The van der Waals surface area contributed by atoms with Crippen molar-refractivity contribution in [2.24, 2.45) is 11.7 Å². The van der Waals surface area contributed by atoms with E-state index in [4.69, 9.17) is 5.73 Å². The summed E-state index contributed by atoms with van der Waals surface area (Å²) in [6.45, 7) is 4.06. The number of carbonyl (C=O) groups is 2. The minimum absolute atomic E-state index is 0.0631. The lowest BCUT2D eigenvalue weighted by molar-refractivity contribution is -0.117. The summed E-state index contributed by atoms with van der Waals surface area (Å²) in [6, 6.07) is 6.69. The SMILES string of the molecule is CC(C)C[C@H](N)C(=O)Nc1ccc(C(=O)NC2CC2)cc1. The van der Waals surface area contributed by atoms with E-state index in [1.54, 1.807) is 24.3 Å². The Morgan fingerprint density at radius 3 is 2.38 bits per heavy atom. The second kappa shape index (κ2) is 6.72. The van der Waals surface area contributed by atoms with E-state index in [9.17, 15) is 9.59 Å². The molecule has 0 unspecified atom stereocenters. The molecule has 0 aliphatic heterocycles. The van der Waals surface area contributed by atoms with Gasteiger partial charge >= 0.3 is 0 Å². The van der Waals surface area contributed by atoms with Crippen LogP contribution in [0.2, 0.25) is 0 Å². The predicted molar refractivity (Wildman–Crippen MR) is 83.0 cm³/mol. The van der Waals surface area contributed by atoms with Gasteiger partial charge in [0.15, 0.2) is 0 Å². The van der Waals surface area contributed by atoms with Crippen LogP contribution >= 0.6 is 0 Å². The number of hydrogen-bond donors (Lipinski definition) is 3. The molecule has 1 atom stereocenters. The lowest BCUT2D eigenvalue weighted by Crippen LogP contribution is -2.36. The average molecular weight is 289 g/mol. The molecular formula is C16H23N3O2. The highest BCUT2D eigenvalue weighted by atomic mass is 16.2. The van der Waals surface area contributed by atoms with E-state index in [0.717, 1.165) is 12.8 Å². The monoisotopic (exact) mass is 289 g/mol. The fourth-order valence-corrected chi connectivity index (χ4v) is 2.05.